The summed E-state index contributed by atoms with van der Waals surface area (Å²) in [5, 5.41) is 6.53. The largest absolute Gasteiger partial charge is 0.356 e. The van der Waals surface area contributed by atoms with Crippen LogP contribution in [0.3, 0.4) is 0 Å². The molecule has 2 fully saturated rings. The molecule has 2 aliphatic heterocycles. The van der Waals surface area contributed by atoms with E-state index in [1.165, 1.54) is 12.8 Å². The van der Waals surface area contributed by atoms with Crippen molar-refractivity contribution in [3.05, 3.63) is 23.9 Å². The minimum atomic E-state index is 0.00514. The highest BCUT2D eigenvalue weighted by Gasteiger charge is 2.26. The molecular formula is C16H24N4O. The van der Waals surface area contributed by atoms with Crippen molar-refractivity contribution in [3.63, 3.8) is 0 Å². The fourth-order valence-electron chi connectivity index (χ4n) is 3.18. The Bertz CT molecular complexity index is 499. The van der Waals surface area contributed by atoms with E-state index in [9.17, 15) is 4.79 Å². The number of nitrogens with one attached hydrogen (secondary N) is 2. The summed E-state index contributed by atoms with van der Waals surface area (Å²) in [5.41, 5.74) is 0.706. The summed E-state index contributed by atoms with van der Waals surface area (Å²) < 4.78 is 0. The normalized spacial score (nSPS) is 25.9. The number of carbonyl (C=O) groups is 1. The van der Waals surface area contributed by atoms with E-state index in [-0.39, 0.29) is 11.9 Å². The maximum Gasteiger partial charge on any atom is 0.255 e. The number of hydrogen-bond acceptors (Lipinski definition) is 4. The van der Waals surface area contributed by atoms with Crippen LogP contribution in [0.1, 0.15) is 36.5 Å². The van der Waals surface area contributed by atoms with Crippen LogP contribution in [0.25, 0.3) is 0 Å². The van der Waals surface area contributed by atoms with E-state index >= 15 is 0 Å². The monoisotopic (exact) mass is 288 g/mol. The number of aromatic nitrogens is 1. The zero-order valence-corrected chi connectivity index (χ0v) is 12.6. The van der Waals surface area contributed by atoms with Crippen molar-refractivity contribution in [3.8, 4) is 0 Å². The number of pyridine rings is 1. The molecule has 0 aromatic carbocycles. The molecule has 1 aromatic heterocycles. The molecule has 2 N–H and O–H groups in total. The second-order valence-corrected chi connectivity index (χ2v) is 6.12. The van der Waals surface area contributed by atoms with Crippen molar-refractivity contribution >= 4 is 11.7 Å². The first-order valence-electron chi connectivity index (χ1n) is 7.97. The Balaban J connectivity index is 1.74. The summed E-state index contributed by atoms with van der Waals surface area (Å²) in [5.74, 6) is 1.36. The van der Waals surface area contributed by atoms with Gasteiger partial charge in [-0.2, -0.15) is 0 Å². The van der Waals surface area contributed by atoms with Crippen molar-refractivity contribution in [1.29, 1.82) is 0 Å². The molecule has 21 heavy (non-hydrogen) atoms. The summed E-state index contributed by atoms with van der Waals surface area (Å²) in [4.78, 5) is 19.3. The second kappa shape index (κ2) is 6.43. The lowest BCUT2D eigenvalue weighted by molar-refractivity contribution is 0.0915. The van der Waals surface area contributed by atoms with Gasteiger partial charge in [0.15, 0.2) is 0 Å². The van der Waals surface area contributed by atoms with Crippen LogP contribution >= 0.6 is 0 Å². The van der Waals surface area contributed by atoms with Crippen LogP contribution < -0.4 is 15.5 Å². The van der Waals surface area contributed by atoms with Gasteiger partial charge >= 0.3 is 0 Å². The molecule has 5 nitrogen and oxygen atoms in total. The topological polar surface area (TPSA) is 57.3 Å². The van der Waals surface area contributed by atoms with Crippen LogP contribution in [0.15, 0.2) is 18.3 Å². The van der Waals surface area contributed by atoms with Crippen molar-refractivity contribution in [2.75, 3.05) is 31.1 Å². The van der Waals surface area contributed by atoms with Gasteiger partial charge in [-0.1, -0.05) is 6.92 Å². The minimum absolute atomic E-state index is 0.00514. The minimum Gasteiger partial charge on any atom is -0.356 e. The highest BCUT2D eigenvalue weighted by atomic mass is 16.1. The average Bonchev–Trinajstić information content (AvgIpc) is 3.04. The van der Waals surface area contributed by atoms with Crippen LogP contribution in [0, 0.1) is 5.92 Å². The average molecular weight is 288 g/mol. The molecule has 0 radical (unpaired) electrons. The first-order chi connectivity index (χ1) is 10.3. The summed E-state index contributed by atoms with van der Waals surface area (Å²) in [6.07, 6.45) is 5.24. The van der Waals surface area contributed by atoms with E-state index in [4.69, 9.17) is 0 Å². The maximum atomic E-state index is 12.6. The zero-order valence-electron chi connectivity index (χ0n) is 12.6. The molecule has 3 heterocycles. The highest BCUT2D eigenvalue weighted by Crippen LogP contribution is 2.22. The smallest absolute Gasteiger partial charge is 0.255 e. The van der Waals surface area contributed by atoms with Gasteiger partial charge in [0, 0.05) is 31.9 Å². The molecule has 2 aliphatic rings. The fraction of sp³-hybridized carbons (Fsp3) is 0.625. The van der Waals surface area contributed by atoms with E-state index in [0.29, 0.717) is 11.5 Å². The first-order valence-corrected chi connectivity index (χ1v) is 7.97. The summed E-state index contributed by atoms with van der Waals surface area (Å²) in [6.45, 7) is 6.10. The maximum absolute atomic E-state index is 12.6. The number of nitrogens with zero attached hydrogens (tertiary/aromatic N) is 2. The predicted octanol–water partition coefficient (Wildman–Crippen LogP) is 1.41. The Morgan fingerprint density at radius 2 is 2.24 bits per heavy atom. The van der Waals surface area contributed by atoms with E-state index in [2.05, 4.69) is 27.4 Å². The van der Waals surface area contributed by atoms with Crippen LogP contribution in [-0.2, 0) is 0 Å². The molecule has 0 aliphatic carbocycles. The van der Waals surface area contributed by atoms with Crippen LogP contribution in [-0.4, -0.2) is 43.1 Å². The van der Waals surface area contributed by atoms with Crippen molar-refractivity contribution < 1.29 is 4.79 Å². The summed E-state index contributed by atoms with van der Waals surface area (Å²) >= 11 is 0. The number of amides is 1. The Hall–Kier alpha value is -1.62. The molecule has 114 valence electrons. The van der Waals surface area contributed by atoms with Crippen LogP contribution in [0.5, 0.6) is 0 Å². The lowest BCUT2D eigenvalue weighted by Gasteiger charge is -2.30. The molecule has 5 heteroatoms. The standard InChI is InChI=1S/C16H24N4O/c1-12-6-8-17-11-14(12)19-16(21)13-5-4-7-18-15(13)20-9-2-3-10-20/h4-5,7,12,14,17H,2-3,6,8-11H2,1H3,(H,19,21). The molecule has 1 aromatic rings. The van der Waals surface area contributed by atoms with Gasteiger partial charge in [-0.05, 0) is 43.9 Å². The second-order valence-electron chi connectivity index (χ2n) is 6.12. The van der Waals surface area contributed by atoms with Crippen molar-refractivity contribution in [2.24, 2.45) is 5.92 Å². The third-order valence-corrected chi connectivity index (χ3v) is 4.58. The number of rotatable bonds is 3. The quantitative estimate of drug-likeness (QED) is 0.883. The van der Waals surface area contributed by atoms with Gasteiger partial charge < -0.3 is 15.5 Å². The molecule has 2 unspecified atom stereocenters. The number of carbonyl (C=O) groups excluding carboxylic acids is 1. The first kappa shape index (κ1) is 14.3. The Morgan fingerprint density at radius 1 is 1.43 bits per heavy atom. The van der Waals surface area contributed by atoms with Gasteiger partial charge in [0.2, 0.25) is 0 Å². The van der Waals surface area contributed by atoms with E-state index in [1.807, 2.05) is 12.1 Å². The van der Waals surface area contributed by atoms with Gasteiger partial charge in [-0.15, -0.1) is 0 Å². The molecule has 3 rings (SSSR count). The molecule has 2 saturated heterocycles. The lowest BCUT2D eigenvalue weighted by Crippen LogP contribution is -2.50. The Morgan fingerprint density at radius 3 is 3.00 bits per heavy atom. The highest BCUT2D eigenvalue weighted by molar-refractivity contribution is 5.99. The third kappa shape index (κ3) is 3.18. The van der Waals surface area contributed by atoms with Gasteiger partial charge in [-0.3, -0.25) is 4.79 Å². The molecule has 0 spiro atoms. The van der Waals surface area contributed by atoms with Crippen molar-refractivity contribution in [1.82, 2.24) is 15.6 Å². The van der Waals surface area contributed by atoms with E-state index in [1.54, 1.807) is 6.20 Å². The molecule has 2 atom stereocenters. The fourth-order valence-corrected chi connectivity index (χ4v) is 3.18. The predicted molar refractivity (Wildman–Crippen MR) is 83.6 cm³/mol. The Kier molecular flexibility index (Phi) is 4.39. The van der Waals surface area contributed by atoms with Crippen molar-refractivity contribution in [2.45, 2.75) is 32.2 Å². The Labute approximate surface area is 126 Å². The lowest BCUT2D eigenvalue weighted by atomic mass is 9.94. The molecular weight excluding hydrogens is 264 g/mol. The summed E-state index contributed by atoms with van der Waals surface area (Å²) in [6, 6.07) is 3.94. The zero-order chi connectivity index (χ0) is 14.7. The van der Waals surface area contributed by atoms with Gasteiger partial charge in [0.25, 0.3) is 5.91 Å². The van der Waals surface area contributed by atoms with Gasteiger partial charge in [-0.25, -0.2) is 4.98 Å². The van der Waals surface area contributed by atoms with Gasteiger partial charge in [0.05, 0.1) is 5.56 Å². The number of hydrogen-bond donors (Lipinski definition) is 2. The van der Waals surface area contributed by atoms with Crippen LogP contribution in [0.2, 0.25) is 0 Å². The summed E-state index contributed by atoms with van der Waals surface area (Å²) in [7, 11) is 0. The van der Waals surface area contributed by atoms with Crippen LogP contribution in [0.4, 0.5) is 5.82 Å². The van der Waals surface area contributed by atoms with E-state index in [0.717, 1.165) is 38.4 Å². The molecule has 0 saturated carbocycles. The molecule has 1 amide bonds. The SMILES string of the molecule is CC1CCNCC1NC(=O)c1cccnc1N1CCCC1. The van der Waals surface area contributed by atoms with E-state index < -0.39 is 0 Å². The third-order valence-electron chi connectivity index (χ3n) is 4.58. The van der Waals surface area contributed by atoms with Gasteiger partial charge in [0.1, 0.15) is 5.82 Å². The number of piperidine rings is 1. The number of anilines is 1. The molecule has 0 bridgehead atoms.